The zero-order valence-electron chi connectivity index (χ0n) is 13.0. The Bertz CT molecular complexity index is 704. The summed E-state index contributed by atoms with van der Waals surface area (Å²) >= 11 is 3.24. The minimum Gasteiger partial charge on any atom is -0.494 e. The van der Waals surface area contributed by atoms with Gasteiger partial charge in [0.05, 0.1) is 17.9 Å². The Morgan fingerprint density at radius 2 is 1.96 bits per heavy atom. The lowest BCUT2D eigenvalue weighted by molar-refractivity contribution is 0.0997. The molecule has 2 aromatic carbocycles. The number of nitrogens with zero attached hydrogens (tertiary/aromatic N) is 1. The van der Waals surface area contributed by atoms with E-state index in [0.29, 0.717) is 23.3 Å². The second kappa shape index (κ2) is 7.46. The van der Waals surface area contributed by atoms with Gasteiger partial charge in [-0.15, -0.1) is 0 Å². The van der Waals surface area contributed by atoms with E-state index in [0.717, 1.165) is 11.3 Å². The lowest BCUT2D eigenvalue weighted by Gasteiger charge is -2.22. The topological polar surface area (TPSA) is 55.6 Å². The molecule has 0 radical (unpaired) electrons. The lowest BCUT2D eigenvalue weighted by Crippen LogP contribution is -2.23. The van der Waals surface area contributed by atoms with E-state index in [1.807, 2.05) is 31.2 Å². The predicted octanol–water partition coefficient (Wildman–Crippen LogP) is 3.72. The second-order valence-electron chi connectivity index (χ2n) is 5.08. The summed E-state index contributed by atoms with van der Waals surface area (Å²) in [5.41, 5.74) is 6.65. The first-order valence-corrected chi connectivity index (χ1v) is 7.93. The summed E-state index contributed by atoms with van der Waals surface area (Å²) in [6.45, 7) is 3.04. The fourth-order valence-electron chi connectivity index (χ4n) is 2.32. The van der Waals surface area contributed by atoms with Crippen molar-refractivity contribution >= 4 is 27.5 Å². The van der Waals surface area contributed by atoms with E-state index in [4.69, 9.17) is 10.5 Å². The SMILES string of the molecule is CCOc1ccc(CN(C)c2cc(Br)cc(F)c2C(N)=O)cc1. The van der Waals surface area contributed by atoms with Gasteiger partial charge < -0.3 is 15.4 Å². The minimum atomic E-state index is -0.788. The van der Waals surface area contributed by atoms with Crippen molar-refractivity contribution in [3.05, 3.63) is 57.8 Å². The molecule has 1 amide bonds. The number of halogens is 2. The van der Waals surface area contributed by atoms with Gasteiger partial charge in [0, 0.05) is 18.1 Å². The fourth-order valence-corrected chi connectivity index (χ4v) is 2.74. The number of benzene rings is 2. The molecule has 0 saturated heterocycles. The van der Waals surface area contributed by atoms with Gasteiger partial charge in [-0.25, -0.2) is 4.39 Å². The molecule has 0 bridgehead atoms. The fraction of sp³-hybridized carbons (Fsp3) is 0.235. The quantitative estimate of drug-likeness (QED) is 0.830. The third-order valence-electron chi connectivity index (χ3n) is 3.35. The Hall–Kier alpha value is -2.08. The molecule has 2 aromatic rings. The van der Waals surface area contributed by atoms with Crippen LogP contribution in [0, 0.1) is 5.82 Å². The zero-order chi connectivity index (χ0) is 17.0. The summed E-state index contributed by atoms with van der Waals surface area (Å²) in [4.78, 5) is 13.3. The largest absolute Gasteiger partial charge is 0.494 e. The number of rotatable bonds is 6. The van der Waals surface area contributed by atoms with Gasteiger partial charge in [-0.2, -0.15) is 0 Å². The van der Waals surface area contributed by atoms with E-state index < -0.39 is 11.7 Å². The van der Waals surface area contributed by atoms with Crippen molar-refractivity contribution < 1.29 is 13.9 Å². The van der Waals surface area contributed by atoms with Crippen LogP contribution in [0.25, 0.3) is 0 Å². The molecule has 6 heteroatoms. The summed E-state index contributed by atoms with van der Waals surface area (Å²) < 4.78 is 20.0. The first-order chi connectivity index (χ1) is 10.9. The van der Waals surface area contributed by atoms with Crippen molar-refractivity contribution in [2.75, 3.05) is 18.6 Å². The summed E-state index contributed by atoms with van der Waals surface area (Å²) in [5.74, 6) is -0.630. The molecular formula is C17H18BrFN2O2. The summed E-state index contributed by atoms with van der Waals surface area (Å²) in [5, 5.41) is 0. The first-order valence-electron chi connectivity index (χ1n) is 7.14. The minimum absolute atomic E-state index is 0.110. The maximum absolute atomic E-state index is 14.0. The van der Waals surface area contributed by atoms with Gasteiger partial charge in [0.15, 0.2) is 0 Å². The van der Waals surface area contributed by atoms with Gasteiger partial charge in [-0.1, -0.05) is 28.1 Å². The Labute approximate surface area is 143 Å². The molecule has 23 heavy (non-hydrogen) atoms. The summed E-state index contributed by atoms with van der Waals surface area (Å²) in [7, 11) is 1.78. The molecule has 0 saturated carbocycles. The Morgan fingerprint density at radius 3 is 2.52 bits per heavy atom. The summed E-state index contributed by atoms with van der Waals surface area (Å²) in [6.07, 6.45) is 0. The molecule has 0 heterocycles. The molecule has 122 valence electrons. The molecule has 2 N–H and O–H groups in total. The molecule has 2 rings (SSSR count). The maximum atomic E-state index is 14.0. The van der Waals surface area contributed by atoms with E-state index in [-0.39, 0.29) is 5.56 Å². The average Bonchev–Trinajstić information content (AvgIpc) is 2.48. The van der Waals surface area contributed by atoms with E-state index in [9.17, 15) is 9.18 Å². The van der Waals surface area contributed by atoms with Crippen LogP contribution in [0.2, 0.25) is 0 Å². The standard InChI is InChI=1S/C17H18BrFN2O2/c1-3-23-13-6-4-11(5-7-13)10-21(2)15-9-12(18)8-14(19)16(15)17(20)22/h4-9H,3,10H2,1-2H3,(H2,20,22). The molecular weight excluding hydrogens is 363 g/mol. The third-order valence-corrected chi connectivity index (χ3v) is 3.80. The maximum Gasteiger partial charge on any atom is 0.253 e. The first kappa shape index (κ1) is 17.3. The molecule has 0 aliphatic heterocycles. The molecule has 0 spiro atoms. The Morgan fingerprint density at radius 1 is 1.30 bits per heavy atom. The Kier molecular flexibility index (Phi) is 5.60. The number of carbonyl (C=O) groups excluding carboxylic acids is 1. The van der Waals surface area contributed by atoms with Gasteiger partial charge in [0.2, 0.25) is 0 Å². The van der Waals surface area contributed by atoms with Crippen LogP contribution in [0.3, 0.4) is 0 Å². The number of nitrogens with two attached hydrogens (primary N) is 1. The van der Waals surface area contributed by atoms with Crippen LogP contribution < -0.4 is 15.4 Å². The van der Waals surface area contributed by atoms with E-state index in [1.165, 1.54) is 6.07 Å². The normalized spacial score (nSPS) is 10.4. The molecule has 0 aliphatic carbocycles. The van der Waals surface area contributed by atoms with Crippen molar-refractivity contribution in [3.63, 3.8) is 0 Å². The highest BCUT2D eigenvalue weighted by Gasteiger charge is 2.18. The molecule has 0 atom stereocenters. The van der Waals surface area contributed by atoms with Crippen LogP contribution in [-0.4, -0.2) is 19.6 Å². The number of hydrogen-bond acceptors (Lipinski definition) is 3. The van der Waals surface area contributed by atoms with Crippen LogP contribution in [-0.2, 0) is 6.54 Å². The molecule has 0 fully saturated rings. The van der Waals surface area contributed by atoms with Crippen molar-refractivity contribution in [2.45, 2.75) is 13.5 Å². The summed E-state index contributed by atoms with van der Waals surface area (Å²) in [6, 6.07) is 10.5. The van der Waals surface area contributed by atoms with Gasteiger partial charge in [-0.05, 0) is 36.8 Å². The average molecular weight is 381 g/mol. The van der Waals surface area contributed by atoms with Crippen LogP contribution in [0.5, 0.6) is 5.75 Å². The molecule has 0 aliphatic rings. The van der Waals surface area contributed by atoms with Crippen molar-refractivity contribution in [2.24, 2.45) is 5.73 Å². The number of amides is 1. The second-order valence-corrected chi connectivity index (χ2v) is 5.99. The molecule has 0 unspecified atom stereocenters. The van der Waals surface area contributed by atoms with Gasteiger partial charge in [-0.3, -0.25) is 4.79 Å². The van der Waals surface area contributed by atoms with Gasteiger partial charge >= 0.3 is 0 Å². The van der Waals surface area contributed by atoms with Crippen LogP contribution in [0.1, 0.15) is 22.8 Å². The third kappa shape index (κ3) is 4.22. The predicted molar refractivity (Wildman–Crippen MR) is 92.3 cm³/mol. The van der Waals surface area contributed by atoms with Gasteiger partial charge in [0.1, 0.15) is 11.6 Å². The Balaban J connectivity index is 2.26. The van der Waals surface area contributed by atoms with Crippen molar-refractivity contribution in [3.8, 4) is 5.75 Å². The number of anilines is 1. The smallest absolute Gasteiger partial charge is 0.253 e. The van der Waals surface area contributed by atoms with Crippen LogP contribution >= 0.6 is 15.9 Å². The van der Waals surface area contributed by atoms with Gasteiger partial charge in [0.25, 0.3) is 5.91 Å². The highest BCUT2D eigenvalue weighted by molar-refractivity contribution is 9.10. The molecule has 0 aromatic heterocycles. The lowest BCUT2D eigenvalue weighted by atomic mass is 10.1. The number of primary amides is 1. The van der Waals surface area contributed by atoms with Crippen LogP contribution in [0.4, 0.5) is 10.1 Å². The van der Waals surface area contributed by atoms with E-state index >= 15 is 0 Å². The number of carbonyl (C=O) groups is 1. The monoisotopic (exact) mass is 380 g/mol. The molecule has 4 nitrogen and oxygen atoms in total. The zero-order valence-corrected chi connectivity index (χ0v) is 14.6. The number of ether oxygens (including phenoxy) is 1. The number of hydrogen-bond donors (Lipinski definition) is 1. The van der Waals surface area contributed by atoms with Crippen molar-refractivity contribution in [1.82, 2.24) is 0 Å². The highest BCUT2D eigenvalue weighted by Crippen LogP contribution is 2.28. The highest BCUT2D eigenvalue weighted by atomic mass is 79.9. The van der Waals surface area contributed by atoms with E-state index in [1.54, 1.807) is 18.0 Å². The van der Waals surface area contributed by atoms with Crippen molar-refractivity contribution in [1.29, 1.82) is 0 Å². The van der Waals surface area contributed by atoms with Crippen LogP contribution in [0.15, 0.2) is 40.9 Å². The van der Waals surface area contributed by atoms with E-state index in [2.05, 4.69) is 15.9 Å².